The van der Waals surface area contributed by atoms with Crippen molar-refractivity contribution in [2.24, 2.45) is 5.73 Å². The summed E-state index contributed by atoms with van der Waals surface area (Å²) in [7, 11) is 0. The molecule has 2 aromatic rings. The molecule has 2 N–H and O–H groups in total. The van der Waals surface area contributed by atoms with Gasteiger partial charge in [0.25, 0.3) is 0 Å². The molecule has 0 aromatic heterocycles. The highest BCUT2D eigenvalue weighted by Gasteiger charge is 2.38. The highest BCUT2D eigenvalue weighted by Crippen LogP contribution is 2.36. The second-order valence-corrected chi connectivity index (χ2v) is 8.83. The van der Waals surface area contributed by atoms with Crippen molar-refractivity contribution in [3.8, 4) is 11.1 Å². The molecule has 0 saturated carbocycles. The van der Waals surface area contributed by atoms with E-state index in [0.29, 0.717) is 27.9 Å². The first kappa shape index (κ1) is 25.6. The monoisotopic (exact) mass is 499 g/mol. The number of carbonyl (C=O) groups is 2. The van der Waals surface area contributed by atoms with Gasteiger partial charge in [0.05, 0.1) is 5.56 Å². The highest BCUT2D eigenvalue weighted by molar-refractivity contribution is 7.99. The van der Waals surface area contributed by atoms with Crippen LogP contribution in [0.3, 0.4) is 0 Å². The molecule has 0 amide bonds. The Labute approximate surface area is 195 Å². The van der Waals surface area contributed by atoms with E-state index in [4.69, 9.17) is 5.73 Å². The zero-order valence-corrected chi connectivity index (χ0v) is 18.6. The number of hydrogen-bond donors (Lipinski definition) is 1. The van der Waals surface area contributed by atoms with Gasteiger partial charge in [0.2, 0.25) is 0 Å². The maximum Gasteiger partial charge on any atom is 0.416 e. The number of hydrogen-bond acceptors (Lipinski definition) is 4. The normalized spacial score (nSPS) is 14.9. The summed E-state index contributed by atoms with van der Waals surface area (Å²) >= 11 is 1.34. The summed E-state index contributed by atoms with van der Waals surface area (Å²) < 4.78 is 77.4. The molecule has 0 saturated heterocycles. The van der Waals surface area contributed by atoms with Crippen LogP contribution in [0.4, 0.5) is 26.3 Å². The predicted octanol–water partition coefficient (Wildman–Crippen LogP) is 6.73. The molecule has 1 aliphatic carbocycles. The molecule has 0 unspecified atom stereocenters. The number of allylic oxidation sites excluding steroid dienone is 3. The van der Waals surface area contributed by atoms with Crippen LogP contribution in [0.2, 0.25) is 0 Å². The SMILES string of the molecule is CCSc1ccc(-c2ccc(C(F)(F)F)cc2)cc1C(=O)CC1=C(N)C=C(C(F)(F)F)CC1=O. The molecule has 3 nitrogen and oxygen atoms in total. The van der Waals surface area contributed by atoms with Gasteiger partial charge < -0.3 is 5.73 Å². The lowest BCUT2D eigenvalue weighted by atomic mass is 9.89. The second-order valence-electron chi connectivity index (χ2n) is 7.52. The van der Waals surface area contributed by atoms with E-state index in [0.717, 1.165) is 12.1 Å². The number of thioether (sulfide) groups is 1. The van der Waals surface area contributed by atoms with Crippen LogP contribution in [0.5, 0.6) is 0 Å². The van der Waals surface area contributed by atoms with Gasteiger partial charge in [-0.15, -0.1) is 11.8 Å². The van der Waals surface area contributed by atoms with Crippen molar-refractivity contribution < 1.29 is 35.9 Å². The Balaban J connectivity index is 1.96. The Bertz CT molecular complexity index is 1180. The Hall–Kier alpha value is -3.01. The Morgan fingerprint density at radius 3 is 2.12 bits per heavy atom. The summed E-state index contributed by atoms with van der Waals surface area (Å²) in [6, 6.07) is 9.25. The molecule has 3 rings (SSSR count). The lowest BCUT2D eigenvalue weighted by Gasteiger charge is -2.19. The standard InChI is InChI=1S/C24H19F6NO2S/c1-2-34-22-8-5-14(13-3-6-15(7-4-13)23(25,26)27)9-18(22)21(33)12-17-19(31)10-16(11-20(17)32)24(28,29)30/h3-10H,2,11-12,31H2,1H3. The Morgan fingerprint density at radius 1 is 0.971 bits per heavy atom. The van der Waals surface area contributed by atoms with Crippen LogP contribution >= 0.6 is 11.8 Å². The first-order chi connectivity index (χ1) is 15.8. The van der Waals surface area contributed by atoms with Gasteiger partial charge >= 0.3 is 12.4 Å². The first-order valence-electron chi connectivity index (χ1n) is 10.1. The first-order valence-corrected chi connectivity index (χ1v) is 11.1. The Kier molecular flexibility index (Phi) is 7.30. The zero-order valence-electron chi connectivity index (χ0n) is 17.8. The van der Waals surface area contributed by atoms with Gasteiger partial charge in [-0.05, 0) is 47.2 Å². The zero-order chi connectivity index (χ0) is 25.3. The van der Waals surface area contributed by atoms with Gasteiger partial charge in [-0.3, -0.25) is 9.59 Å². The maximum atomic E-state index is 13.1. The fraction of sp³-hybridized carbons (Fsp3) is 0.250. The largest absolute Gasteiger partial charge is 0.416 e. The number of carbonyl (C=O) groups excluding carboxylic acids is 2. The molecule has 2 aromatic carbocycles. The third kappa shape index (κ3) is 5.72. The van der Waals surface area contributed by atoms with E-state index in [1.165, 1.54) is 30.0 Å². The van der Waals surface area contributed by atoms with E-state index in [1.54, 1.807) is 12.1 Å². The van der Waals surface area contributed by atoms with Crippen LogP contribution in [0.25, 0.3) is 11.1 Å². The summed E-state index contributed by atoms with van der Waals surface area (Å²) in [5.74, 6) is -0.786. The number of nitrogens with two attached hydrogens (primary N) is 1. The maximum absolute atomic E-state index is 13.1. The molecule has 0 aliphatic heterocycles. The van der Waals surface area contributed by atoms with Gasteiger partial charge in [0, 0.05) is 40.1 Å². The molecule has 0 bridgehead atoms. The lowest BCUT2D eigenvalue weighted by Crippen LogP contribution is -2.24. The number of halogens is 6. The molecular weight excluding hydrogens is 480 g/mol. The predicted molar refractivity (Wildman–Crippen MR) is 117 cm³/mol. The summed E-state index contributed by atoms with van der Waals surface area (Å²) in [5, 5.41) is 0. The van der Waals surface area contributed by atoms with E-state index in [2.05, 4.69) is 0 Å². The van der Waals surface area contributed by atoms with Crippen molar-refractivity contribution >= 4 is 23.3 Å². The second kappa shape index (κ2) is 9.69. The van der Waals surface area contributed by atoms with Gasteiger partial charge in [-0.1, -0.05) is 25.1 Å². The molecule has 0 fully saturated rings. The van der Waals surface area contributed by atoms with Crippen LogP contribution in [-0.2, 0) is 11.0 Å². The van der Waals surface area contributed by atoms with Crippen LogP contribution in [0, 0.1) is 0 Å². The molecule has 0 radical (unpaired) electrons. The molecule has 0 atom stereocenters. The minimum absolute atomic E-state index is 0.189. The minimum atomic E-state index is -4.70. The molecule has 0 spiro atoms. The van der Waals surface area contributed by atoms with Crippen molar-refractivity contribution in [1.82, 2.24) is 0 Å². The molecular formula is C24H19F6NO2S. The summed E-state index contributed by atoms with van der Waals surface area (Å²) in [6.45, 7) is 1.86. The average molecular weight is 499 g/mol. The molecule has 1 aliphatic rings. The van der Waals surface area contributed by atoms with E-state index in [9.17, 15) is 35.9 Å². The van der Waals surface area contributed by atoms with Crippen molar-refractivity contribution in [2.75, 3.05) is 5.75 Å². The van der Waals surface area contributed by atoms with Crippen LogP contribution in [0.15, 0.2) is 70.3 Å². The minimum Gasteiger partial charge on any atom is -0.398 e. The molecule has 180 valence electrons. The smallest absolute Gasteiger partial charge is 0.398 e. The summed E-state index contributed by atoms with van der Waals surface area (Å²) in [5.41, 5.74) is 4.35. The van der Waals surface area contributed by atoms with Crippen molar-refractivity contribution in [1.29, 1.82) is 0 Å². The third-order valence-electron chi connectivity index (χ3n) is 5.19. The van der Waals surface area contributed by atoms with E-state index in [1.807, 2.05) is 6.92 Å². The highest BCUT2D eigenvalue weighted by atomic mass is 32.2. The van der Waals surface area contributed by atoms with Gasteiger partial charge in [-0.2, -0.15) is 26.3 Å². The van der Waals surface area contributed by atoms with E-state index < -0.39 is 53.6 Å². The van der Waals surface area contributed by atoms with Crippen molar-refractivity contribution in [2.45, 2.75) is 37.0 Å². The van der Waals surface area contributed by atoms with Gasteiger partial charge in [-0.25, -0.2) is 0 Å². The van der Waals surface area contributed by atoms with Crippen molar-refractivity contribution in [3.05, 3.63) is 76.5 Å². The fourth-order valence-electron chi connectivity index (χ4n) is 3.47. The van der Waals surface area contributed by atoms with Gasteiger partial charge in [0.1, 0.15) is 0 Å². The molecule has 10 heteroatoms. The van der Waals surface area contributed by atoms with E-state index >= 15 is 0 Å². The van der Waals surface area contributed by atoms with Crippen LogP contribution in [-0.4, -0.2) is 23.5 Å². The topological polar surface area (TPSA) is 60.2 Å². The lowest BCUT2D eigenvalue weighted by molar-refractivity contribution is -0.137. The number of Topliss-reactive ketones (excluding diaryl/α,β-unsaturated/α-hetero) is 2. The van der Waals surface area contributed by atoms with Crippen LogP contribution in [0.1, 0.15) is 35.7 Å². The van der Waals surface area contributed by atoms with Crippen molar-refractivity contribution in [3.63, 3.8) is 0 Å². The summed E-state index contributed by atoms with van der Waals surface area (Å²) in [4.78, 5) is 26.0. The fourth-order valence-corrected chi connectivity index (χ4v) is 4.27. The summed E-state index contributed by atoms with van der Waals surface area (Å²) in [6.07, 6.45) is -9.89. The quantitative estimate of drug-likeness (QED) is 0.272. The number of ketones is 2. The average Bonchev–Trinajstić information content (AvgIpc) is 2.75. The molecule has 34 heavy (non-hydrogen) atoms. The van der Waals surface area contributed by atoms with E-state index in [-0.39, 0.29) is 11.1 Å². The number of alkyl halides is 6. The number of benzene rings is 2. The third-order valence-corrected chi connectivity index (χ3v) is 6.15. The van der Waals surface area contributed by atoms with Gasteiger partial charge in [0.15, 0.2) is 11.6 Å². The Morgan fingerprint density at radius 2 is 1.59 bits per heavy atom. The van der Waals surface area contributed by atoms with Crippen LogP contribution < -0.4 is 5.73 Å². The number of rotatable bonds is 6. The molecule has 0 heterocycles.